The molecule has 0 bridgehead atoms. The number of hydrogen-bond acceptors (Lipinski definition) is 5. The number of aromatic amines is 1. The van der Waals surface area contributed by atoms with Gasteiger partial charge < -0.3 is 14.2 Å². The van der Waals surface area contributed by atoms with E-state index in [1.165, 1.54) is 14.2 Å². The SMILES string of the molecule is COc1ccc2c(c1OC)C(=O)O[C@H]2Nc1cccc(C)[nH+]1. The molecule has 22 heavy (non-hydrogen) atoms. The van der Waals surface area contributed by atoms with Gasteiger partial charge in [-0.15, -0.1) is 0 Å². The lowest BCUT2D eigenvalue weighted by atomic mass is 10.1. The number of methoxy groups -OCH3 is 2. The van der Waals surface area contributed by atoms with Gasteiger partial charge in [-0.05, 0) is 25.1 Å². The highest BCUT2D eigenvalue weighted by molar-refractivity contribution is 5.98. The zero-order valence-electron chi connectivity index (χ0n) is 12.6. The van der Waals surface area contributed by atoms with Gasteiger partial charge in [-0.25, -0.2) is 15.1 Å². The van der Waals surface area contributed by atoms with Crippen molar-refractivity contribution in [3.8, 4) is 11.5 Å². The van der Waals surface area contributed by atoms with Crippen molar-refractivity contribution in [3.63, 3.8) is 0 Å². The third-order valence-corrected chi connectivity index (χ3v) is 3.52. The molecule has 6 heteroatoms. The van der Waals surface area contributed by atoms with Crippen LogP contribution in [0.1, 0.15) is 27.8 Å². The van der Waals surface area contributed by atoms with Gasteiger partial charge in [0.2, 0.25) is 0 Å². The Morgan fingerprint density at radius 2 is 2.00 bits per heavy atom. The number of aryl methyl sites for hydroxylation is 1. The monoisotopic (exact) mass is 301 g/mol. The molecule has 1 aromatic carbocycles. The van der Waals surface area contributed by atoms with E-state index in [1.807, 2.05) is 25.1 Å². The zero-order chi connectivity index (χ0) is 15.7. The number of carbonyl (C=O) groups is 1. The van der Waals surface area contributed by atoms with E-state index in [-0.39, 0.29) is 0 Å². The molecule has 1 atom stereocenters. The van der Waals surface area contributed by atoms with Crippen molar-refractivity contribution in [3.05, 3.63) is 47.2 Å². The zero-order valence-corrected chi connectivity index (χ0v) is 12.6. The molecule has 0 radical (unpaired) electrons. The summed E-state index contributed by atoms with van der Waals surface area (Å²) in [5.41, 5.74) is 2.12. The van der Waals surface area contributed by atoms with Crippen LogP contribution >= 0.6 is 0 Å². The van der Waals surface area contributed by atoms with Crippen LogP contribution in [0.4, 0.5) is 5.82 Å². The highest BCUT2D eigenvalue weighted by Crippen LogP contribution is 2.41. The Bertz CT molecular complexity index is 730. The van der Waals surface area contributed by atoms with E-state index in [4.69, 9.17) is 14.2 Å². The standard InChI is InChI=1S/C16H16N2O4/c1-9-5-4-6-12(17-9)18-15-10-7-8-11(20-2)14(21-3)13(10)16(19)22-15/h4-8,15H,1-3H3,(H,17,18)/p+1/t15-/m1/s1. The molecule has 2 N–H and O–H groups in total. The number of nitrogens with one attached hydrogen (secondary N) is 2. The molecule has 1 aliphatic rings. The Labute approximate surface area is 128 Å². The van der Waals surface area contributed by atoms with Crippen molar-refractivity contribution in [2.24, 2.45) is 0 Å². The summed E-state index contributed by atoms with van der Waals surface area (Å²) in [6, 6.07) is 9.30. The molecule has 0 amide bonds. The number of ether oxygens (including phenoxy) is 3. The topological polar surface area (TPSA) is 70.9 Å². The van der Waals surface area contributed by atoms with E-state index in [1.54, 1.807) is 12.1 Å². The minimum atomic E-state index is -0.569. The highest BCUT2D eigenvalue weighted by atomic mass is 16.6. The molecule has 0 fully saturated rings. The number of cyclic esters (lactones) is 1. The van der Waals surface area contributed by atoms with Crippen LogP contribution in [-0.2, 0) is 4.74 Å². The number of aromatic nitrogens is 1. The van der Waals surface area contributed by atoms with Crippen molar-refractivity contribution in [2.45, 2.75) is 13.2 Å². The summed E-state index contributed by atoms with van der Waals surface area (Å²) < 4.78 is 15.9. The van der Waals surface area contributed by atoms with Crippen LogP contribution in [0.15, 0.2) is 30.3 Å². The van der Waals surface area contributed by atoms with Crippen molar-refractivity contribution >= 4 is 11.8 Å². The second-order valence-electron chi connectivity index (χ2n) is 4.94. The molecular weight excluding hydrogens is 284 g/mol. The van der Waals surface area contributed by atoms with Gasteiger partial charge in [0.1, 0.15) is 5.56 Å². The van der Waals surface area contributed by atoms with E-state index in [2.05, 4.69) is 10.3 Å². The van der Waals surface area contributed by atoms with Gasteiger partial charge >= 0.3 is 5.97 Å². The first-order valence-electron chi connectivity index (χ1n) is 6.85. The first-order valence-corrected chi connectivity index (χ1v) is 6.85. The number of fused-ring (bicyclic) bond motifs is 1. The van der Waals surface area contributed by atoms with Gasteiger partial charge in [-0.1, -0.05) is 6.07 Å². The molecule has 3 rings (SSSR count). The Morgan fingerprint density at radius 1 is 1.18 bits per heavy atom. The minimum absolute atomic E-state index is 0.391. The van der Waals surface area contributed by atoms with Gasteiger partial charge in [-0.3, -0.25) is 0 Å². The predicted octanol–water partition coefficient (Wildman–Crippen LogP) is 2.11. The van der Waals surface area contributed by atoms with Crippen LogP contribution in [0, 0.1) is 6.92 Å². The lowest BCUT2D eigenvalue weighted by molar-refractivity contribution is -0.371. The summed E-state index contributed by atoms with van der Waals surface area (Å²) in [6.45, 7) is 1.95. The summed E-state index contributed by atoms with van der Waals surface area (Å²) in [6.07, 6.45) is -0.569. The predicted molar refractivity (Wildman–Crippen MR) is 79.1 cm³/mol. The van der Waals surface area contributed by atoms with Crippen molar-refractivity contribution in [2.75, 3.05) is 19.5 Å². The van der Waals surface area contributed by atoms with Gasteiger partial charge in [0.05, 0.1) is 25.5 Å². The molecule has 114 valence electrons. The van der Waals surface area contributed by atoms with E-state index in [9.17, 15) is 4.79 Å². The summed E-state index contributed by atoms with van der Waals surface area (Å²) in [5.74, 6) is 1.22. The Kier molecular flexibility index (Phi) is 3.58. The molecular formula is C16H17N2O4+. The number of esters is 1. The molecule has 0 spiro atoms. The van der Waals surface area contributed by atoms with Crippen LogP contribution < -0.4 is 19.8 Å². The average Bonchev–Trinajstić information content (AvgIpc) is 2.82. The van der Waals surface area contributed by atoms with E-state index < -0.39 is 12.2 Å². The number of hydrogen-bond donors (Lipinski definition) is 1. The second kappa shape index (κ2) is 5.55. The fourth-order valence-electron chi connectivity index (χ4n) is 2.52. The van der Waals surface area contributed by atoms with Crippen LogP contribution in [-0.4, -0.2) is 20.2 Å². The van der Waals surface area contributed by atoms with Crippen molar-refractivity contribution < 1.29 is 24.0 Å². The summed E-state index contributed by atoms with van der Waals surface area (Å²) in [7, 11) is 3.03. The molecule has 1 aromatic heterocycles. The van der Waals surface area contributed by atoms with Gasteiger partial charge in [-0.2, -0.15) is 0 Å². The maximum absolute atomic E-state index is 12.2. The molecule has 6 nitrogen and oxygen atoms in total. The first kappa shape index (κ1) is 14.2. The molecule has 0 aliphatic carbocycles. The van der Waals surface area contributed by atoms with E-state index in [0.29, 0.717) is 17.1 Å². The third kappa shape index (κ3) is 2.32. The number of anilines is 1. The number of rotatable bonds is 4. The molecule has 0 unspecified atom stereocenters. The summed E-state index contributed by atoms with van der Waals surface area (Å²) in [4.78, 5) is 15.3. The Morgan fingerprint density at radius 3 is 2.68 bits per heavy atom. The smallest absolute Gasteiger partial charge is 0.346 e. The number of carbonyl (C=O) groups excluding carboxylic acids is 1. The molecule has 2 aromatic rings. The average molecular weight is 301 g/mol. The third-order valence-electron chi connectivity index (χ3n) is 3.52. The lowest BCUT2D eigenvalue weighted by Gasteiger charge is -2.10. The van der Waals surface area contributed by atoms with E-state index >= 15 is 0 Å². The van der Waals surface area contributed by atoms with Gasteiger partial charge in [0.25, 0.3) is 12.0 Å². The Hall–Kier alpha value is -2.76. The molecule has 1 aliphatic heterocycles. The summed E-state index contributed by atoms with van der Waals surface area (Å²) >= 11 is 0. The largest absolute Gasteiger partial charge is 0.493 e. The maximum Gasteiger partial charge on any atom is 0.346 e. The maximum atomic E-state index is 12.2. The van der Waals surface area contributed by atoms with Crippen LogP contribution in [0.2, 0.25) is 0 Å². The van der Waals surface area contributed by atoms with Crippen LogP contribution in [0.25, 0.3) is 0 Å². The molecule has 2 heterocycles. The summed E-state index contributed by atoms with van der Waals surface area (Å²) in [5, 5.41) is 3.16. The van der Waals surface area contributed by atoms with Gasteiger partial charge in [0, 0.05) is 6.07 Å². The van der Waals surface area contributed by atoms with Crippen LogP contribution in [0.5, 0.6) is 11.5 Å². The minimum Gasteiger partial charge on any atom is -0.493 e. The number of benzene rings is 1. The molecule has 0 saturated heterocycles. The quantitative estimate of drug-likeness (QED) is 0.876. The van der Waals surface area contributed by atoms with Crippen molar-refractivity contribution in [1.29, 1.82) is 0 Å². The normalized spacial score (nSPS) is 16.0. The van der Waals surface area contributed by atoms with Gasteiger partial charge in [0.15, 0.2) is 11.5 Å². The molecule has 0 saturated carbocycles. The van der Waals surface area contributed by atoms with E-state index in [0.717, 1.165) is 17.1 Å². The first-order chi connectivity index (χ1) is 10.6. The lowest BCUT2D eigenvalue weighted by Crippen LogP contribution is -2.19. The second-order valence-corrected chi connectivity index (χ2v) is 4.94. The fraction of sp³-hybridized carbons (Fsp3) is 0.250. The Balaban J connectivity index is 1.98. The van der Waals surface area contributed by atoms with Crippen LogP contribution in [0.3, 0.4) is 0 Å². The highest BCUT2D eigenvalue weighted by Gasteiger charge is 2.38. The number of pyridine rings is 1. The van der Waals surface area contributed by atoms with Crippen molar-refractivity contribution in [1.82, 2.24) is 0 Å². The number of H-pyrrole nitrogens is 1. The fourth-order valence-corrected chi connectivity index (χ4v) is 2.52.